The molecule has 0 spiro atoms. The Labute approximate surface area is 67.8 Å². The minimum atomic E-state index is 0. The van der Waals surface area contributed by atoms with Crippen molar-refractivity contribution in [3.05, 3.63) is 28.7 Å². The molecule has 0 rings (SSSR count). The van der Waals surface area contributed by atoms with Crippen LogP contribution in [0.25, 0.3) is 0 Å². The molecule has 0 bridgehead atoms. The van der Waals surface area contributed by atoms with Crippen molar-refractivity contribution in [2.24, 2.45) is 0 Å². The van der Waals surface area contributed by atoms with Crippen LogP contribution in [0.5, 0.6) is 0 Å². The Morgan fingerprint density at radius 2 is 1.12 bits per heavy atom. The summed E-state index contributed by atoms with van der Waals surface area (Å²) in [5.74, 6) is 0. The van der Waals surface area contributed by atoms with E-state index in [4.69, 9.17) is 0 Å². The number of hydrogen-bond donors (Lipinski definition) is 0. The first-order valence-electron chi connectivity index (χ1n) is 2.00. The summed E-state index contributed by atoms with van der Waals surface area (Å²) < 4.78 is 0. The van der Waals surface area contributed by atoms with Crippen molar-refractivity contribution in [1.29, 1.82) is 0 Å². The van der Waals surface area contributed by atoms with Crippen LogP contribution in [0.4, 0.5) is 0 Å². The molecule has 0 saturated heterocycles. The van der Waals surface area contributed by atoms with Crippen LogP contribution in [0.3, 0.4) is 0 Å². The summed E-state index contributed by atoms with van der Waals surface area (Å²) in [7, 11) is 0. The van der Waals surface area contributed by atoms with Gasteiger partial charge in [-0.15, -0.1) is 6.42 Å². The van der Waals surface area contributed by atoms with Crippen LogP contribution in [0.15, 0.2) is 0 Å². The predicted molar refractivity (Wildman–Crippen MR) is 37.4 cm³/mol. The Kier molecular flexibility index (Phi) is 74.7. The van der Waals surface area contributed by atoms with Crippen LogP contribution in [-0.2, 0) is 19.5 Å². The van der Waals surface area contributed by atoms with Crippen molar-refractivity contribution in [3.63, 3.8) is 0 Å². The summed E-state index contributed by atoms with van der Waals surface area (Å²) in [6.45, 7) is 7.27. The predicted octanol–water partition coefficient (Wildman–Crippen LogP) is 2.72. The molecule has 0 saturated carbocycles. The van der Waals surface area contributed by atoms with Gasteiger partial charge in [0.1, 0.15) is 0 Å². The van der Waals surface area contributed by atoms with E-state index >= 15 is 0 Å². The van der Waals surface area contributed by atoms with Gasteiger partial charge in [0.15, 0.2) is 0 Å². The Morgan fingerprint density at radius 3 is 1.12 bits per heavy atom. The third-order valence-corrected chi connectivity index (χ3v) is 0.500. The largest absolute Gasteiger partial charge is 0.358 e. The third-order valence-electron chi connectivity index (χ3n) is 0.500. The van der Waals surface area contributed by atoms with E-state index in [1.54, 1.807) is 0 Å². The first kappa shape index (κ1) is 23.4. The van der Waals surface area contributed by atoms with E-state index in [0.717, 1.165) is 12.8 Å². The molecule has 0 aromatic heterocycles. The first-order valence-corrected chi connectivity index (χ1v) is 2.00. The zero-order valence-electron chi connectivity index (χ0n) is 5.87. The number of unbranched alkanes of at least 4 members (excludes halogenated alkanes) is 2. The second kappa shape index (κ2) is 25.5. The molecule has 0 aliphatic rings. The molecule has 0 aliphatic heterocycles. The average Bonchev–Trinajstić information content (AvgIpc) is 1.41. The van der Waals surface area contributed by atoms with Gasteiger partial charge in [-0.25, -0.2) is 0 Å². The summed E-state index contributed by atoms with van der Waals surface area (Å²) >= 11 is 0. The number of rotatable bonds is 2. The SMILES string of the molecule is [CH2-]CCC[CH2-].[CH3-].[CH3-].[Rh]. The first-order chi connectivity index (χ1) is 2.41. The van der Waals surface area contributed by atoms with E-state index in [-0.39, 0.29) is 34.3 Å². The molecule has 0 fully saturated rings. The molecule has 0 aliphatic carbocycles. The molecule has 0 N–H and O–H groups in total. The molecule has 0 atom stereocenters. The van der Waals surface area contributed by atoms with Gasteiger partial charge in [-0.1, -0.05) is 0 Å². The summed E-state index contributed by atoms with van der Waals surface area (Å²) in [6, 6.07) is 0. The summed E-state index contributed by atoms with van der Waals surface area (Å²) in [6.07, 6.45) is 3.23. The molecule has 1 radical (unpaired) electrons. The van der Waals surface area contributed by atoms with Crippen LogP contribution in [-0.4, -0.2) is 0 Å². The minimum absolute atomic E-state index is 0. The molecular formula is C7H16Rh-4. The zero-order valence-corrected chi connectivity index (χ0v) is 7.51. The maximum absolute atomic E-state index is 3.64. The minimum Gasteiger partial charge on any atom is -0.358 e. The van der Waals surface area contributed by atoms with Gasteiger partial charge in [-0.05, 0) is 0 Å². The molecule has 0 nitrogen and oxygen atoms in total. The van der Waals surface area contributed by atoms with Gasteiger partial charge < -0.3 is 28.7 Å². The Morgan fingerprint density at radius 1 is 0.875 bits per heavy atom. The normalized spacial score (nSPS) is 5.25. The molecule has 0 unspecified atom stereocenters. The summed E-state index contributed by atoms with van der Waals surface area (Å²) in [4.78, 5) is 0. The van der Waals surface area contributed by atoms with Crippen LogP contribution >= 0.6 is 0 Å². The van der Waals surface area contributed by atoms with E-state index in [2.05, 4.69) is 13.8 Å². The Balaban J connectivity index is -0.0000000267. The monoisotopic (exact) mass is 203 g/mol. The fourth-order valence-electron chi connectivity index (χ4n) is 0.177. The molecule has 0 aromatic carbocycles. The maximum atomic E-state index is 3.64. The Bertz CT molecular complexity index is 11.9. The molecule has 0 aromatic rings. The molecular weight excluding hydrogens is 187 g/mol. The van der Waals surface area contributed by atoms with Gasteiger partial charge in [-0.3, -0.25) is 0 Å². The van der Waals surface area contributed by atoms with Gasteiger partial charge in [-0.2, -0.15) is 12.8 Å². The van der Waals surface area contributed by atoms with Gasteiger partial charge in [0, 0.05) is 19.5 Å². The van der Waals surface area contributed by atoms with Crippen LogP contribution < -0.4 is 0 Å². The average molecular weight is 203 g/mol. The topological polar surface area (TPSA) is 0 Å². The quantitative estimate of drug-likeness (QED) is 0.478. The van der Waals surface area contributed by atoms with Crippen LogP contribution in [0, 0.1) is 28.7 Å². The molecule has 8 heavy (non-hydrogen) atoms. The summed E-state index contributed by atoms with van der Waals surface area (Å²) in [5.41, 5.74) is 0. The van der Waals surface area contributed by atoms with Crippen molar-refractivity contribution in [1.82, 2.24) is 0 Å². The van der Waals surface area contributed by atoms with Gasteiger partial charge in [0.05, 0.1) is 0 Å². The van der Waals surface area contributed by atoms with E-state index in [9.17, 15) is 0 Å². The molecule has 1 heteroatoms. The fraction of sp³-hybridized carbons (Fsp3) is 0.429. The van der Waals surface area contributed by atoms with Crippen LogP contribution in [0.1, 0.15) is 19.3 Å². The smallest absolute Gasteiger partial charge is 0 e. The molecule has 0 heterocycles. The third kappa shape index (κ3) is 30.4. The van der Waals surface area contributed by atoms with E-state index < -0.39 is 0 Å². The van der Waals surface area contributed by atoms with Crippen LogP contribution in [0.2, 0.25) is 0 Å². The molecule has 0 amide bonds. The molecule has 57 valence electrons. The van der Waals surface area contributed by atoms with Crippen molar-refractivity contribution < 1.29 is 19.5 Å². The van der Waals surface area contributed by atoms with Crippen molar-refractivity contribution in [2.45, 2.75) is 19.3 Å². The summed E-state index contributed by atoms with van der Waals surface area (Å²) in [5, 5.41) is 0. The second-order valence-electron chi connectivity index (χ2n) is 1.06. The van der Waals surface area contributed by atoms with Crippen molar-refractivity contribution >= 4 is 0 Å². The van der Waals surface area contributed by atoms with E-state index in [1.165, 1.54) is 6.42 Å². The maximum Gasteiger partial charge on any atom is 0 e. The number of hydrogen-bond acceptors (Lipinski definition) is 0. The fourth-order valence-corrected chi connectivity index (χ4v) is 0.177. The van der Waals surface area contributed by atoms with Crippen molar-refractivity contribution in [3.8, 4) is 0 Å². The zero-order chi connectivity index (χ0) is 4.12. The van der Waals surface area contributed by atoms with E-state index in [1.807, 2.05) is 0 Å². The Hall–Kier alpha value is 0.623. The second-order valence-corrected chi connectivity index (χ2v) is 1.06. The van der Waals surface area contributed by atoms with Crippen molar-refractivity contribution in [2.75, 3.05) is 0 Å². The van der Waals surface area contributed by atoms with Gasteiger partial charge >= 0.3 is 0 Å². The standard InChI is InChI=1S/C5H10.2CH3.Rh/c1-3-5-4-2;;;/h1-5H2;2*1H3;/q-2;2*-1;. The van der Waals surface area contributed by atoms with E-state index in [0.29, 0.717) is 0 Å². The van der Waals surface area contributed by atoms with Gasteiger partial charge in [0.25, 0.3) is 0 Å². The van der Waals surface area contributed by atoms with Gasteiger partial charge in [0.2, 0.25) is 0 Å².